The standard InChI is InChI=1S/C11H15BrN2O4S/c1-18-6-2-5-14-11(15)9-7-8(19(13,16)17)3-4-10(9)12/h3-4,7H,2,5-6H2,1H3,(H,14,15)(H2,13,16,17). The van der Waals surface area contributed by atoms with Gasteiger partial charge in [-0.1, -0.05) is 0 Å². The van der Waals surface area contributed by atoms with E-state index < -0.39 is 10.0 Å². The zero-order valence-electron chi connectivity index (χ0n) is 10.3. The molecule has 0 bridgehead atoms. The number of sulfonamides is 1. The molecule has 1 rings (SSSR count). The fraction of sp³-hybridized carbons (Fsp3) is 0.364. The van der Waals surface area contributed by atoms with Gasteiger partial charge >= 0.3 is 0 Å². The Morgan fingerprint density at radius 2 is 2.16 bits per heavy atom. The highest BCUT2D eigenvalue weighted by atomic mass is 79.9. The summed E-state index contributed by atoms with van der Waals surface area (Å²) in [4.78, 5) is 11.8. The monoisotopic (exact) mass is 350 g/mol. The largest absolute Gasteiger partial charge is 0.385 e. The average molecular weight is 351 g/mol. The van der Waals surface area contributed by atoms with Crippen molar-refractivity contribution in [1.29, 1.82) is 0 Å². The molecular weight excluding hydrogens is 336 g/mol. The van der Waals surface area contributed by atoms with Crippen molar-refractivity contribution in [3.8, 4) is 0 Å². The van der Waals surface area contributed by atoms with E-state index in [1.54, 1.807) is 7.11 Å². The third-order valence-corrected chi connectivity index (χ3v) is 3.92. The van der Waals surface area contributed by atoms with Gasteiger partial charge in [-0.3, -0.25) is 4.79 Å². The molecule has 0 radical (unpaired) electrons. The van der Waals surface area contributed by atoms with Gasteiger partial charge in [0.05, 0.1) is 10.5 Å². The van der Waals surface area contributed by atoms with E-state index in [-0.39, 0.29) is 16.4 Å². The Hall–Kier alpha value is -0.960. The molecule has 0 unspecified atom stereocenters. The summed E-state index contributed by atoms with van der Waals surface area (Å²) in [6.45, 7) is 0.984. The van der Waals surface area contributed by atoms with Crippen LogP contribution in [0.3, 0.4) is 0 Å². The van der Waals surface area contributed by atoms with Gasteiger partial charge in [0.2, 0.25) is 10.0 Å². The van der Waals surface area contributed by atoms with Gasteiger partial charge in [-0.2, -0.15) is 0 Å². The summed E-state index contributed by atoms with van der Waals surface area (Å²) < 4.78 is 27.8. The van der Waals surface area contributed by atoms with Gasteiger partial charge < -0.3 is 10.1 Å². The number of rotatable bonds is 6. The van der Waals surface area contributed by atoms with Crippen LogP contribution in [0.1, 0.15) is 16.8 Å². The third kappa shape index (κ3) is 4.90. The molecule has 6 nitrogen and oxygen atoms in total. The van der Waals surface area contributed by atoms with E-state index in [0.29, 0.717) is 24.0 Å². The van der Waals surface area contributed by atoms with Crippen molar-refractivity contribution < 1.29 is 17.9 Å². The summed E-state index contributed by atoms with van der Waals surface area (Å²) in [7, 11) is -2.25. The Kier molecular flexibility index (Phi) is 5.92. The Morgan fingerprint density at radius 3 is 2.74 bits per heavy atom. The number of methoxy groups -OCH3 is 1. The average Bonchev–Trinajstić information content (AvgIpc) is 2.33. The van der Waals surface area contributed by atoms with E-state index in [0.717, 1.165) is 0 Å². The van der Waals surface area contributed by atoms with Crippen molar-refractivity contribution in [3.63, 3.8) is 0 Å². The molecule has 106 valence electrons. The summed E-state index contributed by atoms with van der Waals surface area (Å²) in [6.07, 6.45) is 0.675. The molecule has 0 aromatic heterocycles. The first-order valence-corrected chi connectivity index (χ1v) is 7.79. The van der Waals surface area contributed by atoms with Crippen LogP contribution in [0.2, 0.25) is 0 Å². The number of primary sulfonamides is 1. The highest BCUT2D eigenvalue weighted by Crippen LogP contribution is 2.20. The predicted molar refractivity (Wildman–Crippen MR) is 74.3 cm³/mol. The quantitative estimate of drug-likeness (QED) is 0.743. The third-order valence-electron chi connectivity index (χ3n) is 2.32. The number of carbonyl (C=O) groups excluding carboxylic acids is 1. The fourth-order valence-corrected chi connectivity index (χ4v) is 2.34. The molecule has 1 aromatic rings. The van der Waals surface area contributed by atoms with E-state index in [2.05, 4.69) is 21.2 Å². The lowest BCUT2D eigenvalue weighted by atomic mass is 10.2. The Labute approximate surface area is 120 Å². The van der Waals surface area contributed by atoms with Crippen LogP contribution in [0.5, 0.6) is 0 Å². The van der Waals surface area contributed by atoms with Crippen molar-refractivity contribution in [2.45, 2.75) is 11.3 Å². The van der Waals surface area contributed by atoms with Crippen molar-refractivity contribution >= 4 is 31.9 Å². The number of hydrogen-bond donors (Lipinski definition) is 2. The van der Waals surface area contributed by atoms with Gasteiger partial charge in [-0.05, 0) is 40.5 Å². The summed E-state index contributed by atoms with van der Waals surface area (Å²) in [5.41, 5.74) is 0.226. The van der Waals surface area contributed by atoms with Crippen LogP contribution in [0.25, 0.3) is 0 Å². The first-order chi connectivity index (χ1) is 8.86. The van der Waals surface area contributed by atoms with E-state index in [4.69, 9.17) is 9.88 Å². The molecule has 0 saturated heterocycles. The van der Waals surface area contributed by atoms with E-state index in [1.165, 1.54) is 18.2 Å². The van der Waals surface area contributed by atoms with Crippen LogP contribution >= 0.6 is 15.9 Å². The molecule has 0 aliphatic carbocycles. The topological polar surface area (TPSA) is 98.5 Å². The molecule has 1 amide bonds. The van der Waals surface area contributed by atoms with Crippen molar-refractivity contribution in [1.82, 2.24) is 5.32 Å². The lowest BCUT2D eigenvalue weighted by Crippen LogP contribution is -2.26. The molecule has 0 heterocycles. The summed E-state index contributed by atoms with van der Waals surface area (Å²) in [5, 5.41) is 7.69. The van der Waals surface area contributed by atoms with Gasteiger partial charge in [0, 0.05) is 24.7 Å². The molecular formula is C11H15BrN2O4S. The lowest BCUT2D eigenvalue weighted by molar-refractivity contribution is 0.0947. The van der Waals surface area contributed by atoms with Gasteiger partial charge in [0.1, 0.15) is 0 Å². The Bertz CT molecular complexity index is 560. The number of hydrogen-bond acceptors (Lipinski definition) is 4. The van der Waals surface area contributed by atoms with E-state index in [9.17, 15) is 13.2 Å². The highest BCUT2D eigenvalue weighted by Gasteiger charge is 2.15. The molecule has 0 fully saturated rings. The minimum atomic E-state index is -3.83. The minimum Gasteiger partial charge on any atom is -0.385 e. The smallest absolute Gasteiger partial charge is 0.252 e. The zero-order valence-corrected chi connectivity index (χ0v) is 12.8. The molecule has 0 aliphatic heterocycles. The molecule has 0 saturated carbocycles. The first kappa shape index (κ1) is 16.1. The van der Waals surface area contributed by atoms with Crippen molar-refractivity contribution in [3.05, 3.63) is 28.2 Å². The van der Waals surface area contributed by atoms with Crippen molar-refractivity contribution in [2.75, 3.05) is 20.3 Å². The first-order valence-electron chi connectivity index (χ1n) is 5.45. The predicted octanol–water partition coefficient (Wildman–Crippen LogP) is 0.863. The van der Waals surface area contributed by atoms with E-state index in [1.807, 2.05) is 0 Å². The normalized spacial score (nSPS) is 11.3. The second-order valence-electron chi connectivity index (χ2n) is 3.79. The maximum atomic E-state index is 11.9. The summed E-state index contributed by atoms with van der Waals surface area (Å²) >= 11 is 3.20. The number of halogens is 1. The maximum Gasteiger partial charge on any atom is 0.252 e. The van der Waals surface area contributed by atoms with Crippen LogP contribution in [-0.2, 0) is 14.8 Å². The zero-order chi connectivity index (χ0) is 14.5. The molecule has 0 spiro atoms. The number of carbonyl (C=O) groups is 1. The molecule has 19 heavy (non-hydrogen) atoms. The number of ether oxygens (including phenoxy) is 1. The van der Waals surface area contributed by atoms with Gasteiger partial charge in [-0.25, -0.2) is 13.6 Å². The second kappa shape index (κ2) is 6.99. The van der Waals surface area contributed by atoms with Crippen LogP contribution in [-0.4, -0.2) is 34.6 Å². The number of nitrogens with two attached hydrogens (primary N) is 1. The number of nitrogens with one attached hydrogen (secondary N) is 1. The molecule has 3 N–H and O–H groups in total. The van der Waals surface area contributed by atoms with Gasteiger partial charge in [0.15, 0.2) is 0 Å². The summed E-state index contributed by atoms with van der Waals surface area (Å²) in [5.74, 6) is -0.367. The van der Waals surface area contributed by atoms with Gasteiger partial charge in [-0.15, -0.1) is 0 Å². The SMILES string of the molecule is COCCCNC(=O)c1cc(S(N)(=O)=O)ccc1Br. The molecule has 0 atom stereocenters. The van der Waals surface area contributed by atoms with Crippen molar-refractivity contribution in [2.24, 2.45) is 5.14 Å². The van der Waals surface area contributed by atoms with Crippen LogP contribution in [0, 0.1) is 0 Å². The van der Waals surface area contributed by atoms with Crippen LogP contribution in [0.4, 0.5) is 0 Å². The van der Waals surface area contributed by atoms with Crippen LogP contribution < -0.4 is 10.5 Å². The molecule has 1 aromatic carbocycles. The second-order valence-corrected chi connectivity index (χ2v) is 6.20. The molecule has 0 aliphatic rings. The maximum absolute atomic E-state index is 11.9. The number of amides is 1. The molecule has 8 heteroatoms. The van der Waals surface area contributed by atoms with E-state index >= 15 is 0 Å². The summed E-state index contributed by atoms with van der Waals surface area (Å²) in [6, 6.07) is 4.05. The fourth-order valence-electron chi connectivity index (χ4n) is 1.37. The van der Waals surface area contributed by atoms with Gasteiger partial charge in [0.25, 0.3) is 5.91 Å². The lowest BCUT2D eigenvalue weighted by Gasteiger charge is -2.08. The highest BCUT2D eigenvalue weighted by molar-refractivity contribution is 9.10. The Morgan fingerprint density at radius 1 is 1.47 bits per heavy atom. The minimum absolute atomic E-state index is 0.0993. The number of benzene rings is 1. The van der Waals surface area contributed by atoms with Crippen LogP contribution in [0.15, 0.2) is 27.6 Å². The Balaban J connectivity index is 2.84.